The lowest BCUT2D eigenvalue weighted by Gasteiger charge is -2.14. The van der Waals surface area contributed by atoms with E-state index < -0.39 is 10.0 Å². The van der Waals surface area contributed by atoms with Crippen molar-refractivity contribution < 1.29 is 13.2 Å². The molecule has 1 heterocycles. The molecule has 0 unspecified atom stereocenters. The summed E-state index contributed by atoms with van der Waals surface area (Å²) in [5, 5.41) is 6.51. The van der Waals surface area contributed by atoms with E-state index in [1.807, 2.05) is 25.1 Å². The van der Waals surface area contributed by atoms with E-state index in [9.17, 15) is 8.42 Å². The van der Waals surface area contributed by atoms with Crippen molar-refractivity contribution in [3.8, 4) is 5.75 Å². The van der Waals surface area contributed by atoms with Crippen molar-refractivity contribution in [3.05, 3.63) is 66.5 Å². The Bertz CT molecular complexity index is 1100. The van der Waals surface area contributed by atoms with Crippen LogP contribution in [0.3, 0.4) is 0 Å². The van der Waals surface area contributed by atoms with Gasteiger partial charge in [-0.25, -0.2) is 23.1 Å². The monoisotopic (exact) mass is 429 g/mol. The number of sulfonamides is 1. The number of hydrogen-bond donors (Lipinski definition) is 3. The Morgan fingerprint density at radius 2 is 1.72 bits per heavy atom. The molecule has 0 aliphatic carbocycles. The lowest BCUT2D eigenvalue weighted by molar-refractivity contribution is 0.414. The standard InChI is InChI=1S/C19H19N5O3S2/c1-13-12-15(27-2)6-9-17(13)23-19(28)22-14-4-7-16(8-5-14)29(25,26)24-18-20-10-3-11-21-18/h3-12H,1-2H3,(H,20,21,24)(H2,22,23,28). The van der Waals surface area contributed by atoms with Gasteiger partial charge in [0.2, 0.25) is 5.95 Å². The van der Waals surface area contributed by atoms with E-state index in [0.29, 0.717) is 10.8 Å². The van der Waals surface area contributed by atoms with Gasteiger partial charge in [-0.15, -0.1) is 0 Å². The van der Waals surface area contributed by atoms with Crippen LogP contribution < -0.4 is 20.1 Å². The second kappa shape index (κ2) is 8.84. The van der Waals surface area contributed by atoms with Crippen LogP contribution in [0.1, 0.15) is 5.56 Å². The van der Waals surface area contributed by atoms with Crippen molar-refractivity contribution in [1.29, 1.82) is 0 Å². The molecule has 0 bridgehead atoms. The molecule has 0 atom stereocenters. The maximum atomic E-state index is 12.4. The number of hydrogen-bond acceptors (Lipinski definition) is 6. The van der Waals surface area contributed by atoms with Crippen LogP contribution in [0.2, 0.25) is 0 Å². The number of aryl methyl sites for hydroxylation is 1. The second-order valence-electron chi connectivity index (χ2n) is 5.96. The maximum Gasteiger partial charge on any atom is 0.264 e. The van der Waals surface area contributed by atoms with E-state index in [0.717, 1.165) is 17.0 Å². The average molecular weight is 430 g/mol. The van der Waals surface area contributed by atoms with Crippen molar-refractivity contribution in [2.24, 2.45) is 0 Å². The van der Waals surface area contributed by atoms with Gasteiger partial charge in [-0.05, 0) is 73.2 Å². The molecule has 29 heavy (non-hydrogen) atoms. The highest BCUT2D eigenvalue weighted by atomic mass is 32.2. The first-order valence-corrected chi connectivity index (χ1v) is 10.4. The van der Waals surface area contributed by atoms with Crippen molar-refractivity contribution in [3.63, 3.8) is 0 Å². The second-order valence-corrected chi connectivity index (χ2v) is 8.05. The van der Waals surface area contributed by atoms with Gasteiger partial charge >= 0.3 is 0 Å². The molecule has 0 radical (unpaired) electrons. The Kier molecular flexibility index (Phi) is 6.25. The quantitative estimate of drug-likeness (QED) is 0.512. The van der Waals surface area contributed by atoms with E-state index in [4.69, 9.17) is 17.0 Å². The summed E-state index contributed by atoms with van der Waals surface area (Å²) in [6, 6.07) is 13.4. The zero-order chi connectivity index (χ0) is 20.9. The number of aromatic nitrogens is 2. The largest absolute Gasteiger partial charge is 0.497 e. The molecule has 0 saturated carbocycles. The summed E-state index contributed by atoms with van der Waals surface area (Å²) in [7, 11) is -2.17. The fourth-order valence-electron chi connectivity index (χ4n) is 2.44. The van der Waals surface area contributed by atoms with Crippen LogP contribution in [0.5, 0.6) is 5.75 Å². The smallest absolute Gasteiger partial charge is 0.264 e. The van der Waals surface area contributed by atoms with Gasteiger partial charge in [-0.3, -0.25) is 0 Å². The molecule has 3 N–H and O–H groups in total. The van der Waals surface area contributed by atoms with Gasteiger partial charge in [-0.2, -0.15) is 0 Å². The molecular weight excluding hydrogens is 410 g/mol. The molecule has 0 spiro atoms. The molecule has 3 aromatic rings. The predicted octanol–water partition coefficient (Wildman–Crippen LogP) is 3.40. The lowest BCUT2D eigenvalue weighted by Crippen LogP contribution is -2.20. The molecule has 3 rings (SSSR count). The van der Waals surface area contributed by atoms with Gasteiger partial charge < -0.3 is 15.4 Å². The molecule has 8 nitrogen and oxygen atoms in total. The molecule has 0 aliphatic rings. The minimum Gasteiger partial charge on any atom is -0.497 e. The minimum absolute atomic E-state index is 0.00920. The first-order valence-electron chi connectivity index (χ1n) is 8.50. The fourth-order valence-corrected chi connectivity index (χ4v) is 3.62. The highest BCUT2D eigenvalue weighted by Crippen LogP contribution is 2.22. The van der Waals surface area contributed by atoms with Crippen LogP contribution in [0.4, 0.5) is 17.3 Å². The Morgan fingerprint density at radius 1 is 1.03 bits per heavy atom. The maximum absolute atomic E-state index is 12.4. The molecule has 0 amide bonds. The molecular formula is C19H19N5O3S2. The number of rotatable bonds is 6. The molecule has 1 aromatic heterocycles. The summed E-state index contributed by atoms with van der Waals surface area (Å²) in [6.07, 6.45) is 2.91. The third-order valence-corrected chi connectivity index (χ3v) is 5.44. The third kappa shape index (κ3) is 5.39. The summed E-state index contributed by atoms with van der Waals surface area (Å²) in [4.78, 5) is 7.80. The Labute approximate surface area is 174 Å². The van der Waals surface area contributed by atoms with Gasteiger partial charge in [0, 0.05) is 23.8 Å². The molecule has 10 heteroatoms. The van der Waals surface area contributed by atoms with Gasteiger partial charge in [0.25, 0.3) is 10.0 Å². The first-order chi connectivity index (χ1) is 13.9. The van der Waals surface area contributed by atoms with E-state index >= 15 is 0 Å². The fraction of sp³-hybridized carbons (Fsp3) is 0.105. The summed E-state index contributed by atoms with van der Waals surface area (Å²) in [5.74, 6) is 0.771. The summed E-state index contributed by atoms with van der Waals surface area (Å²) in [6.45, 7) is 1.94. The number of anilines is 3. The van der Waals surface area contributed by atoms with Crippen LogP contribution in [0.25, 0.3) is 0 Å². The minimum atomic E-state index is -3.78. The number of thiocarbonyl (C=S) groups is 1. The molecule has 2 aromatic carbocycles. The van der Waals surface area contributed by atoms with Gasteiger partial charge in [-0.1, -0.05) is 0 Å². The number of nitrogens with one attached hydrogen (secondary N) is 3. The van der Waals surface area contributed by atoms with Crippen LogP contribution in [-0.4, -0.2) is 30.6 Å². The van der Waals surface area contributed by atoms with Crippen LogP contribution in [-0.2, 0) is 10.0 Å². The van der Waals surface area contributed by atoms with Crippen LogP contribution in [0, 0.1) is 6.92 Å². The molecule has 0 saturated heterocycles. The zero-order valence-electron chi connectivity index (χ0n) is 15.7. The van der Waals surface area contributed by atoms with E-state index in [1.54, 1.807) is 25.3 Å². The molecule has 0 fully saturated rings. The number of methoxy groups -OCH3 is 1. The zero-order valence-corrected chi connectivity index (χ0v) is 17.3. The third-order valence-electron chi connectivity index (χ3n) is 3.90. The predicted molar refractivity (Wildman–Crippen MR) is 117 cm³/mol. The molecule has 150 valence electrons. The summed E-state index contributed by atoms with van der Waals surface area (Å²) < 4.78 is 32.3. The van der Waals surface area contributed by atoms with Crippen LogP contribution >= 0.6 is 12.2 Å². The first kappa shape index (κ1) is 20.5. The van der Waals surface area contributed by atoms with E-state index in [1.165, 1.54) is 24.5 Å². The number of benzene rings is 2. The van der Waals surface area contributed by atoms with E-state index in [-0.39, 0.29) is 10.8 Å². The Balaban J connectivity index is 1.65. The lowest BCUT2D eigenvalue weighted by atomic mass is 10.2. The van der Waals surface area contributed by atoms with E-state index in [2.05, 4.69) is 25.3 Å². The van der Waals surface area contributed by atoms with Crippen molar-refractivity contribution >= 4 is 44.7 Å². The van der Waals surface area contributed by atoms with Gasteiger partial charge in [0.05, 0.1) is 12.0 Å². The van der Waals surface area contributed by atoms with Gasteiger partial charge in [0.1, 0.15) is 5.75 Å². The topological polar surface area (TPSA) is 105 Å². The highest BCUT2D eigenvalue weighted by molar-refractivity contribution is 7.92. The molecule has 0 aliphatic heterocycles. The van der Waals surface area contributed by atoms with Crippen molar-refractivity contribution in [2.45, 2.75) is 11.8 Å². The van der Waals surface area contributed by atoms with Crippen molar-refractivity contribution in [2.75, 3.05) is 22.5 Å². The average Bonchev–Trinajstić information content (AvgIpc) is 2.70. The number of nitrogens with zero attached hydrogens (tertiary/aromatic N) is 2. The summed E-state index contributed by atoms with van der Waals surface area (Å²) in [5.41, 5.74) is 2.46. The summed E-state index contributed by atoms with van der Waals surface area (Å²) >= 11 is 5.33. The van der Waals surface area contributed by atoms with Gasteiger partial charge in [0.15, 0.2) is 5.11 Å². The Morgan fingerprint density at radius 3 is 2.34 bits per heavy atom. The Hall–Kier alpha value is -3.24. The van der Waals surface area contributed by atoms with Crippen LogP contribution in [0.15, 0.2) is 65.8 Å². The van der Waals surface area contributed by atoms with Crippen molar-refractivity contribution in [1.82, 2.24) is 9.97 Å². The number of ether oxygens (including phenoxy) is 1. The normalized spacial score (nSPS) is 10.8. The highest BCUT2D eigenvalue weighted by Gasteiger charge is 2.15. The SMILES string of the molecule is COc1ccc(NC(=S)Nc2ccc(S(=O)(=O)Nc3ncccn3)cc2)c(C)c1.